The highest BCUT2D eigenvalue weighted by Gasteiger charge is 2.17. The quantitative estimate of drug-likeness (QED) is 0.861. The average Bonchev–Trinajstić information content (AvgIpc) is 2.31. The van der Waals surface area contributed by atoms with Crippen molar-refractivity contribution >= 4 is 11.6 Å². The SMILES string of the molecule is CCNc1nc(N(C)C(C)CC)c(F)cc1F. The highest BCUT2D eigenvalue weighted by Crippen LogP contribution is 2.23. The molecule has 1 aromatic rings. The molecule has 0 spiro atoms. The summed E-state index contributed by atoms with van der Waals surface area (Å²) in [6.45, 7) is 6.36. The van der Waals surface area contributed by atoms with Gasteiger partial charge in [-0.25, -0.2) is 13.8 Å². The smallest absolute Gasteiger partial charge is 0.168 e. The second-order valence-electron chi connectivity index (χ2n) is 4.02. The van der Waals surface area contributed by atoms with E-state index in [1.807, 2.05) is 20.8 Å². The van der Waals surface area contributed by atoms with Crippen LogP contribution in [0.15, 0.2) is 6.07 Å². The molecule has 0 aromatic carbocycles. The molecule has 1 atom stereocenters. The van der Waals surface area contributed by atoms with Gasteiger partial charge in [-0.2, -0.15) is 0 Å². The van der Waals surface area contributed by atoms with E-state index in [-0.39, 0.29) is 17.7 Å². The Labute approximate surface area is 101 Å². The van der Waals surface area contributed by atoms with Gasteiger partial charge in [0.2, 0.25) is 0 Å². The molecule has 17 heavy (non-hydrogen) atoms. The fraction of sp³-hybridized carbons (Fsp3) is 0.583. The Balaban J connectivity index is 3.10. The molecule has 96 valence electrons. The molecule has 0 aliphatic carbocycles. The first-order valence-corrected chi connectivity index (χ1v) is 5.83. The first-order chi connectivity index (χ1) is 8.01. The Morgan fingerprint density at radius 3 is 2.53 bits per heavy atom. The Hall–Kier alpha value is -1.39. The summed E-state index contributed by atoms with van der Waals surface area (Å²) in [5, 5.41) is 2.78. The Morgan fingerprint density at radius 1 is 1.35 bits per heavy atom. The summed E-state index contributed by atoms with van der Waals surface area (Å²) >= 11 is 0. The molecule has 0 fully saturated rings. The van der Waals surface area contributed by atoms with E-state index in [0.717, 1.165) is 12.5 Å². The highest BCUT2D eigenvalue weighted by molar-refractivity contribution is 5.49. The van der Waals surface area contributed by atoms with Crippen molar-refractivity contribution < 1.29 is 8.78 Å². The zero-order valence-corrected chi connectivity index (χ0v) is 10.7. The Morgan fingerprint density at radius 2 is 2.00 bits per heavy atom. The van der Waals surface area contributed by atoms with E-state index in [0.29, 0.717) is 6.54 Å². The summed E-state index contributed by atoms with van der Waals surface area (Å²) in [6.07, 6.45) is 0.867. The van der Waals surface area contributed by atoms with Gasteiger partial charge in [0.25, 0.3) is 0 Å². The number of pyridine rings is 1. The van der Waals surface area contributed by atoms with Gasteiger partial charge in [0.15, 0.2) is 23.3 Å². The summed E-state index contributed by atoms with van der Waals surface area (Å²) in [5.41, 5.74) is 0. The van der Waals surface area contributed by atoms with E-state index in [4.69, 9.17) is 0 Å². The molecule has 0 saturated carbocycles. The number of halogens is 2. The maximum absolute atomic E-state index is 13.6. The van der Waals surface area contributed by atoms with Crippen LogP contribution in [0, 0.1) is 11.6 Å². The van der Waals surface area contributed by atoms with Crippen LogP contribution in [-0.2, 0) is 0 Å². The van der Waals surface area contributed by atoms with E-state index in [1.165, 1.54) is 0 Å². The predicted octanol–water partition coefficient (Wildman–Crippen LogP) is 3.03. The van der Waals surface area contributed by atoms with E-state index < -0.39 is 11.6 Å². The standard InChI is InChI=1S/C12H19F2N3/c1-5-8(3)17(4)12-10(14)7-9(13)11(16-12)15-6-2/h7-8H,5-6H2,1-4H3,(H,15,16). The molecule has 3 nitrogen and oxygen atoms in total. The second kappa shape index (κ2) is 5.80. The van der Waals surface area contributed by atoms with Crippen LogP contribution >= 0.6 is 0 Å². The molecule has 1 heterocycles. The average molecular weight is 243 g/mol. The number of rotatable bonds is 5. The van der Waals surface area contributed by atoms with Gasteiger partial charge in [-0.1, -0.05) is 6.92 Å². The van der Waals surface area contributed by atoms with Gasteiger partial charge in [-0.15, -0.1) is 0 Å². The lowest BCUT2D eigenvalue weighted by atomic mass is 10.2. The van der Waals surface area contributed by atoms with Crippen LogP contribution in [0.3, 0.4) is 0 Å². The minimum absolute atomic E-state index is 0.0963. The summed E-state index contributed by atoms with van der Waals surface area (Å²) < 4.78 is 27.0. The Bertz CT molecular complexity index is 382. The van der Waals surface area contributed by atoms with Gasteiger partial charge >= 0.3 is 0 Å². The van der Waals surface area contributed by atoms with E-state index >= 15 is 0 Å². The van der Waals surface area contributed by atoms with E-state index in [9.17, 15) is 8.78 Å². The monoisotopic (exact) mass is 243 g/mol. The normalized spacial score (nSPS) is 12.4. The van der Waals surface area contributed by atoms with Gasteiger partial charge in [-0.3, -0.25) is 0 Å². The van der Waals surface area contributed by atoms with Crippen LogP contribution < -0.4 is 10.2 Å². The topological polar surface area (TPSA) is 28.2 Å². The third-order valence-corrected chi connectivity index (χ3v) is 2.84. The number of hydrogen-bond donors (Lipinski definition) is 1. The lowest BCUT2D eigenvalue weighted by molar-refractivity contribution is 0.560. The maximum atomic E-state index is 13.6. The van der Waals surface area contributed by atoms with Gasteiger partial charge in [0, 0.05) is 25.7 Å². The summed E-state index contributed by atoms with van der Waals surface area (Å²) in [5.74, 6) is -1.02. The minimum Gasteiger partial charge on any atom is -0.368 e. The largest absolute Gasteiger partial charge is 0.368 e. The molecule has 1 aromatic heterocycles. The maximum Gasteiger partial charge on any atom is 0.168 e. The lowest BCUT2D eigenvalue weighted by Crippen LogP contribution is -2.30. The van der Waals surface area contributed by atoms with Crippen molar-refractivity contribution in [2.24, 2.45) is 0 Å². The van der Waals surface area contributed by atoms with E-state index in [2.05, 4.69) is 10.3 Å². The number of anilines is 2. The molecule has 5 heteroatoms. The number of hydrogen-bond acceptors (Lipinski definition) is 3. The van der Waals surface area contributed by atoms with Gasteiger partial charge in [0.05, 0.1) is 0 Å². The van der Waals surface area contributed by atoms with Crippen LogP contribution in [0.5, 0.6) is 0 Å². The first-order valence-electron chi connectivity index (χ1n) is 5.83. The summed E-state index contributed by atoms with van der Waals surface area (Å²) in [7, 11) is 1.76. The minimum atomic E-state index is -0.661. The molecule has 0 bridgehead atoms. The molecule has 1 rings (SSSR count). The molecular weight excluding hydrogens is 224 g/mol. The second-order valence-corrected chi connectivity index (χ2v) is 4.02. The number of nitrogens with one attached hydrogen (secondary N) is 1. The summed E-state index contributed by atoms with van der Waals surface area (Å²) in [4.78, 5) is 5.71. The molecule has 0 saturated heterocycles. The lowest BCUT2D eigenvalue weighted by Gasteiger charge is -2.25. The van der Waals surface area contributed by atoms with Crippen LogP contribution in [0.4, 0.5) is 20.4 Å². The van der Waals surface area contributed by atoms with Crippen molar-refractivity contribution in [3.05, 3.63) is 17.7 Å². The van der Waals surface area contributed by atoms with E-state index in [1.54, 1.807) is 11.9 Å². The van der Waals surface area contributed by atoms with Gasteiger partial charge in [0.1, 0.15) is 0 Å². The Kier molecular flexibility index (Phi) is 4.66. The molecule has 0 radical (unpaired) electrons. The number of aromatic nitrogens is 1. The molecule has 0 amide bonds. The zero-order chi connectivity index (χ0) is 13.0. The van der Waals surface area contributed by atoms with Gasteiger partial charge < -0.3 is 10.2 Å². The third kappa shape index (κ3) is 3.05. The van der Waals surface area contributed by atoms with Gasteiger partial charge in [-0.05, 0) is 20.3 Å². The summed E-state index contributed by atoms with van der Waals surface area (Å²) in [6, 6.07) is 1.02. The first kappa shape index (κ1) is 13.7. The molecule has 1 unspecified atom stereocenters. The van der Waals surface area contributed by atoms with Crippen LogP contribution in [0.2, 0.25) is 0 Å². The van der Waals surface area contributed by atoms with Crippen molar-refractivity contribution in [3.8, 4) is 0 Å². The number of nitrogens with zero attached hydrogens (tertiary/aromatic N) is 2. The van der Waals surface area contributed by atoms with Crippen molar-refractivity contribution in [2.45, 2.75) is 33.2 Å². The molecule has 1 N–H and O–H groups in total. The van der Waals surface area contributed by atoms with Crippen molar-refractivity contribution in [3.63, 3.8) is 0 Å². The third-order valence-electron chi connectivity index (χ3n) is 2.84. The molecular formula is C12H19F2N3. The molecule has 0 aliphatic rings. The van der Waals surface area contributed by atoms with Crippen molar-refractivity contribution in [1.82, 2.24) is 4.98 Å². The van der Waals surface area contributed by atoms with Crippen molar-refractivity contribution in [2.75, 3.05) is 23.8 Å². The fourth-order valence-corrected chi connectivity index (χ4v) is 1.48. The predicted molar refractivity (Wildman–Crippen MR) is 66.5 cm³/mol. The van der Waals surface area contributed by atoms with Crippen molar-refractivity contribution in [1.29, 1.82) is 0 Å². The zero-order valence-electron chi connectivity index (χ0n) is 10.7. The van der Waals surface area contributed by atoms with Crippen LogP contribution in [0.25, 0.3) is 0 Å². The highest BCUT2D eigenvalue weighted by atomic mass is 19.1. The molecule has 0 aliphatic heterocycles. The van der Waals surface area contributed by atoms with Crippen LogP contribution in [0.1, 0.15) is 27.2 Å². The van der Waals surface area contributed by atoms with Crippen LogP contribution in [-0.4, -0.2) is 24.6 Å². The fourth-order valence-electron chi connectivity index (χ4n) is 1.48.